The van der Waals surface area contributed by atoms with Gasteiger partial charge in [0, 0.05) is 26.2 Å². The average Bonchev–Trinajstić information content (AvgIpc) is 2.71. The van der Waals surface area contributed by atoms with E-state index in [1.165, 1.54) is 0 Å². The predicted molar refractivity (Wildman–Crippen MR) is 101 cm³/mol. The SMILES string of the molecule is O=C(NCc1cccc(COc2ccccc2)c1)N1CCCC(CO)C1. The minimum atomic E-state index is -0.0610. The fourth-order valence-electron chi connectivity index (χ4n) is 3.20. The van der Waals surface area contributed by atoms with Crippen molar-refractivity contribution in [3.63, 3.8) is 0 Å². The number of aliphatic hydroxyl groups is 1. The summed E-state index contributed by atoms with van der Waals surface area (Å²) in [6, 6.07) is 17.7. The van der Waals surface area contributed by atoms with Crippen molar-refractivity contribution in [3.8, 4) is 5.75 Å². The van der Waals surface area contributed by atoms with E-state index in [0.717, 1.165) is 36.3 Å². The summed E-state index contributed by atoms with van der Waals surface area (Å²) in [6.45, 7) is 2.52. The Balaban J connectivity index is 1.49. The van der Waals surface area contributed by atoms with Gasteiger partial charge in [-0.3, -0.25) is 0 Å². The zero-order chi connectivity index (χ0) is 18.2. The molecule has 0 spiro atoms. The lowest BCUT2D eigenvalue weighted by molar-refractivity contribution is 0.129. The average molecular weight is 354 g/mol. The van der Waals surface area contributed by atoms with Crippen LogP contribution >= 0.6 is 0 Å². The Morgan fingerprint density at radius 2 is 1.96 bits per heavy atom. The normalized spacial score (nSPS) is 17.0. The Kier molecular flexibility index (Phi) is 6.50. The van der Waals surface area contributed by atoms with Gasteiger partial charge < -0.3 is 20.1 Å². The van der Waals surface area contributed by atoms with Crippen molar-refractivity contribution in [3.05, 3.63) is 65.7 Å². The lowest BCUT2D eigenvalue weighted by Crippen LogP contribution is -2.45. The molecule has 1 unspecified atom stereocenters. The number of rotatable bonds is 6. The van der Waals surface area contributed by atoms with Crippen LogP contribution in [0.5, 0.6) is 5.75 Å². The molecule has 0 aliphatic carbocycles. The van der Waals surface area contributed by atoms with Gasteiger partial charge in [-0.1, -0.05) is 42.5 Å². The van der Waals surface area contributed by atoms with Crippen molar-refractivity contribution in [1.29, 1.82) is 0 Å². The molecule has 0 saturated carbocycles. The number of hydrogen-bond acceptors (Lipinski definition) is 3. The molecule has 5 heteroatoms. The number of nitrogens with one attached hydrogen (secondary N) is 1. The second kappa shape index (κ2) is 9.25. The zero-order valence-corrected chi connectivity index (χ0v) is 14.9. The molecule has 1 heterocycles. The van der Waals surface area contributed by atoms with Gasteiger partial charge >= 0.3 is 6.03 Å². The molecule has 26 heavy (non-hydrogen) atoms. The number of aliphatic hydroxyl groups excluding tert-OH is 1. The summed E-state index contributed by atoms with van der Waals surface area (Å²) < 4.78 is 5.77. The monoisotopic (exact) mass is 354 g/mol. The molecule has 2 aromatic rings. The van der Waals surface area contributed by atoms with E-state index < -0.39 is 0 Å². The van der Waals surface area contributed by atoms with E-state index in [1.54, 1.807) is 4.90 Å². The number of carbonyl (C=O) groups excluding carboxylic acids is 1. The van der Waals surface area contributed by atoms with Crippen LogP contribution in [0.2, 0.25) is 0 Å². The molecule has 1 aliphatic heterocycles. The van der Waals surface area contributed by atoms with E-state index in [1.807, 2.05) is 48.5 Å². The fraction of sp³-hybridized carbons (Fsp3) is 0.381. The van der Waals surface area contributed by atoms with Gasteiger partial charge in [0.25, 0.3) is 0 Å². The van der Waals surface area contributed by atoms with E-state index >= 15 is 0 Å². The lowest BCUT2D eigenvalue weighted by Gasteiger charge is -2.31. The molecule has 1 atom stereocenters. The van der Waals surface area contributed by atoms with Crippen molar-refractivity contribution >= 4 is 6.03 Å². The number of urea groups is 1. The molecular weight excluding hydrogens is 328 g/mol. The van der Waals surface area contributed by atoms with Crippen LogP contribution in [-0.4, -0.2) is 35.7 Å². The highest BCUT2D eigenvalue weighted by Gasteiger charge is 2.22. The first-order chi connectivity index (χ1) is 12.7. The number of ether oxygens (including phenoxy) is 1. The molecular formula is C21H26N2O3. The summed E-state index contributed by atoms with van der Waals surface area (Å²) in [5.74, 6) is 1.04. The quantitative estimate of drug-likeness (QED) is 0.837. The summed E-state index contributed by atoms with van der Waals surface area (Å²) in [7, 11) is 0. The highest BCUT2D eigenvalue weighted by molar-refractivity contribution is 5.74. The van der Waals surface area contributed by atoms with Crippen LogP contribution in [0.4, 0.5) is 4.79 Å². The highest BCUT2D eigenvalue weighted by Crippen LogP contribution is 2.16. The molecule has 2 aromatic carbocycles. The third-order valence-electron chi connectivity index (χ3n) is 4.65. The maximum absolute atomic E-state index is 12.3. The second-order valence-electron chi connectivity index (χ2n) is 6.72. The molecule has 138 valence electrons. The van der Waals surface area contributed by atoms with Crippen LogP contribution in [0.3, 0.4) is 0 Å². The van der Waals surface area contributed by atoms with Crippen molar-refractivity contribution in [2.45, 2.75) is 26.0 Å². The first-order valence-corrected chi connectivity index (χ1v) is 9.14. The molecule has 2 N–H and O–H groups in total. The molecule has 0 aromatic heterocycles. The van der Waals surface area contributed by atoms with E-state index in [9.17, 15) is 9.90 Å². The molecule has 1 aliphatic rings. The fourth-order valence-corrected chi connectivity index (χ4v) is 3.20. The summed E-state index contributed by atoms with van der Waals surface area (Å²) in [4.78, 5) is 14.1. The number of benzene rings is 2. The second-order valence-corrected chi connectivity index (χ2v) is 6.72. The van der Waals surface area contributed by atoms with Gasteiger partial charge in [-0.2, -0.15) is 0 Å². The molecule has 1 saturated heterocycles. The molecule has 3 rings (SSSR count). The van der Waals surface area contributed by atoms with Gasteiger partial charge in [-0.05, 0) is 42.0 Å². The van der Waals surface area contributed by atoms with Gasteiger partial charge in [0.1, 0.15) is 12.4 Å². The van der Waals surface area contributed by atoms with Crippen LogP contribution < -0.4 is 10.1 Å². The van der Waals surface area contributed by atoms with Gasteiger partial charge in [0.2, 0.25) is 0 Å². The lowest BCUT2D eigenvalue weighted by atomic mass is 9.99. The number of nitrogens with zero attached hydrogens (tertiary/aromatic N) is 1. The van der Waals surface area contributed by atoms with Gasteiger partial charge in [0.15, 0.2) is 0 Å². The number of piperidine rings is 1. The van der Waals surface area contributed by atoms with Gasteiger partial charge in [0.05, 0.1) is 0 Å². The van der Waals surface area contributed by atoms with E-state index in [4.69, 9.17) is 4.74 Å². The maximum Gasteiger partial charge on any atom is 0.317 e. The Labute approximate surface area is 154 Å². The Bertz CT molecular complexity index is 705. The Morgan fingerprint density at radius 1 is 1.15 bits per heavy atom. The van der Waals surface area contributed by atoms with E-state index in [-0.39, 0.29) is 18.6 Å². The molecule has 5 nitrogen and oxygen atoms in total. The van der Waals surface area contributed by atoms with Crippen molar-refractivity contribution < 1.29 is 14.6 Å². The molecule has 0 radical (unpaired) electrons. The smallest absolute Gasteiger partial charge is 0.317 e. The van der Waals surface area contributed by atoms with Crippen molar-refractivity contribution in [1.82, 2.24) is 10.2 Å². The summed E-state index contributed by atoms with van der Waals surface area (Å²) in [5, 5.41) is 12.3. The molecule has 1 fully saturated rings. The number of carbonyl (C=O) groups is 1. The van der Waals surface area contributed by atoms with Crippen LogP contribution in [0.15, 0.2) is 54.6 Å². The van der Waals surface area contributed by atoms with Crippen molar-refractivity contribution in [2.75, 3.05) is 19.7 Å². The topological polar surface area (TPSA) is 61.8 Å². The van der Waals surface area contributed by atoms with Gasteiger partial charge in [-0.15, -0.1) is 0 Å². The number of amides is 2. The minimum Gasteiger partial charge on any atom is -0.489 e. The standard InChI is InChI=1S/C21H26N2O3/c24-15-19-8-5-11-23(14-19)21(25)22-13-17-6-4-7-18(12-17)16-26-20-9-2-1-3-10-20/h1-4,6-7,9-10,12,19,24H,5,8,11,13-16H2,(H,22,25). The number of hydrogen-bond donors (Lipinski definition) is 2. The van der Waals surface area contributed by atoms with Gasteiger partial charge in [-0.25, -0.2) is 4.79 Å². The first-order valence-electron chi connectivity index (χ1n) is 9.14. The first kappa shape index (κ1) is 18.3. The van der Waals surface area contributed by atoms with Crippen LogP contribution in [0, 0.1) is 5.92 Å². The minimum absolute atomic E-state index is 0.0610. The maximum atomic E-state index is 12.3. The Hall–Kier alpha value is -2.53. The van der Waals surface area contributed by atoms with Crippen LogP contribution in [-0.2, 0) is 13.2 Å². The summed E-state index contributed by atoms with van der Waals surface area (Å²) >= 11 is 0. The largest absolute Gasteiger partial charge is 0.489 e. The van der Waals surface area contributed by atoms with Crippen molar-refractivity contribution in [2.24, 2.45) is 5.92 Å². The summed E-state index contributed by atoms with van der Waals surface area (Å²) in [6.07, 6.45) is 1.94. The third-order valence-corrected chi connectivity index (χ3v) is 4.65. The molecule has 0 bridgehead atoms. The van der Waals surface area contributed by atoms with E-state index in [2.05, 4.69) is 11.4 Å². The van der Waals surface area contributed by atoms with E-state index in [0.29, 0.717) is 19.7 Å². The third kappa shape index (κ3) is 5.23. The predicted octanol–water partition coefficient (Wildman–Crippen LogP) is 3.18. The highest BCUT2D eigenvalue weighted by atomic mass is 16.5. The molecule has 2 amide bonds. The number of para-hydroxylation sites is 1. The van der Waals surface area contributed by atoms with Crippen LogP contribution in [0.25, 0.3) is 0 Å². The van der Waals surface area contributed by atoms with Crippen LogP contribution in [0.1, 0.15) is 24.0 Å². The summed E-state index contributed by atoms with van der Waals surface area (Å²) in [5.41, 5.74) is 2.11. The Morgan fingerprint density at radius 3 is 2.77 bits per heavy atom. The number of likely N-dealkylation sites (tertiary alicyclic amines) is 1. The zero-order valence-electron chi connectivity index (χ0n) is 14.9.